The zero-order valence-electron chi connectivity index (χ0n) is 23.5. The quantitative estimate of drug-likeness (QED) is 0.0858. The summed E-state index contributed by atoms with van der Waals surface area (Å²) in [6.45, 7) is 7.45. The minimum Gasteiger partial charge on any atom is -0.353 e. The van der Waals surface area contributed by atoms with Crippen LogP contribution in [0.15, 0.2) is 29.7 Å². The van der Waals surface area contributed by atoms with Crippen LogP contribution in [0.1, 0.15) is 44.2 Å². The van der Waals surface area contributed by atoms with Crippen molar-refractivity contribution in [1.29, 1.82) is 0 Å². The summed E-state index contributed by atoms with van der Waals surface area (Å²) >= 11 is 5.05. The zero-order chi connectivity index (χ0) is 29.8. The number of hydrogen-bond donors (Lipinski definition) is 1. The van der Waals surface area contributed by atoms with E-state index in [4.69, 9.17) is 9.97 Å². The number of rotatable bonds is 4. The first-order valence-electron chi connectivity index (χ1n) is 13.8. The first-order chi connectivity index (χ1) is 20.2. The number of nitrogens with one attached hydrogen (secondary N) is 1. The van der Waals surface area contributed by atoms with E-state index in [1.54, 1.807) is 16.7 Å². The number of alkyl halides is 3. The van der Waals surface area contributed by atoms with Crippen molar-refractivity contribution in [3.63, 3.8) is 0 Å². The van der Waals surface area contributed by atoms with Crippen LogP contribution >= 0.6 is 51.5 Å². The van der Waals surface area contributed by atoms with Crippen molar-refractivity contribution >= 4 is 88.5 Å². The van der Waals surface area contributed by atoms with Gasteiger partial charge >= 0.3 is 6.18 Å². The number of piperazine rings is 1. The van der Waals surface area contributed by atoms with Gasteiger partial charge in [0, 0.05) is 47.7 Å². The topological polar surface area (TPSA) is 71.8 Å². The van der Waals surface area contributed by atoms with Gasteiger partial charge in [0.2, 0.25) is 0 Å². The molecule has 2 saturated heterocycles. The van der Waals surface area contributed by atoms with Crippen molar-refractivity contribution < 1.29 is 13.2 Å². The lowest BCUT2D eigenvalue weighted by Crippen LogP contribution is -2.51. The number of thiophene rings is 1. The van der Waals surface area contributed by atoms with Crippen molar-refractivity contribution in [2.75, 3.05) is 24.2 Å². The van der Waals surface area contributed by atoms with Gasteiger partial charge in [-0.05, 0) is 65.8 Å². The second kappa shape index (κ2) is 11.9. The summed E-state index contributed by atoms with van der Waals surface area (Å²) in [5, 5.41) is 10.9. The minimum absolute atomic E-state index is 0.0790. The van der Waals surface area contributed by atoms with Crippen LogP contribution in [0.4, 0.5) is 19.0 Å². The number of aromatic nitrogens is 5. The van der Waals surface area contributed by atoms with Gasteiger partial charge in [0.25, 0.3) is 0 Å². The molecule has 3 unspecified atom stereocenters. The minimum atomic E-state index is -4.56. The first kappa shape index (κ1) is 30.2. The lowest BCUT2D eigenvalue weighted by atomic mass is 9.94. The summed E-state index contributed by atoms with van der Waals surface area (Å²) in [6.07, 6.45) is 4.31. The number of fused-ring (bicyclic) bond motifs is 6. The van der Waals surface area contributed by atoms with Gasteiger partial charge in [0.05, 0.1) is 39.4 Å². The van der Waals surface area contributed by atoms with Crippen LogP contribution in [0.3, 0.4) is 0 Å². The van der Waals surface area contributed by atoms with Crippen molar-refractivity contribution in [2.24, 2.45) is 0 Å². The number of halogens is 4. The number of pyridine rings is 1. The van der Waals surface area contributed by atoms with E-state index in [0.717, 1.165) is 47.4 Å². The van der Waals surface area contributed by atoms with Gasteiger partial charge in [-0.25, -0.2) is 14.4 Å². The third kappa shape index (κ3) is 5.27. The number of aryl methyl sites for hydroxylation is 1. The number of thioether (sulfide) groups is 1. The van der Waals surface area contributed by atoms with Gasteiger partial charge in [-0.15, -0.1) is 11.3 Å². The average Bonchev–Trinajstić information content (AvgIpc) is 3.65. The summed E-state index contributed by atoms with van der Waals surface area (Å²) in [5.41, 5.74) is 0.547. The molecule has 14 heteroatoms. The Kier molecular flexibility index (Phi) is 8.60. The third-order valence-electron chi connectivity index (χ3n) is 7.58. The highest BCUT2D eigenvalue weighted by molar-refractivity contribution is 14.2. The van der Waals surface area contributed by atoms with Crippen LogP contribution in [-0.2, 0) is 6.18 Å². The Morgan fingerprint density at radius 3 is 2.52 bits per heavy atom. The van der Waals surface area contributed by atoms with Gasteiger partial charge in [0.1, 0.15) is 10.6 Å². The first-order valence-corrected chi connectivity index (χ1v) is 19.9. The molecule has 5 aromatic rings. The van der Waals surface area contributed by atoms with Gasteiger partial charge in [-0.1, -0.05) is 32.0 Å². The van der Waals surface area contributed by atoms with Crippen LogP contribution in [0.5, 0.6) is 0 Å². The van der Waals surface area contributed by atoms with E-state index in [1.165, 1.54) is 42.6 Å². The SMILES string of the molecule is CCC.CSc1nc(N2CC3CCC(C2)N3)c2c(n1)sc1c(-c3c(C(F)(F)F)c(C)cc4c3cnn4PI)nccc12. The highest BCUT2D eigenvalue weighted by Gasteiger charge is 2.39. The largest absolute Gasteiger partial charge is 0.417 e. The summed E-state index contributed by atoms with van der Waals surface area (Å²) in [4.78, 5) is 17.4. The fraction of sp³-hybridized carbons (Fsp3) is 0.429. The van der Waals surface area contributed by atoms with Crippen LogP contribution in [0.25, 0.3) is 42.5 Å². The summed E-state index contributed by atoms with van der Waals surface area (Å²) in [7, 11) is 0. The van der Waals surface area contributed by atoms with Gasteiger partial charge < -0.3 is 10.2 Å². The molecule has 1 N–H and O–H groups in total. The molecule has 2 aliphatic rings. The number of hydrogen-bond acceptors (Lipinski definition) is 8. The summed E-state index contributed by atoms with van der Waals surface area (Å²) in [5.74, 6) is 0.857. The molecule has 0 aliphatic carbocycles. The molecule has 6 heterocycles. The number of anilines is 1. The van der Waals surface area contributed by atoms with Gasteiger partial charge in [-0.2, -0.15) is 18.3 Å². The lowest BCUT2D eigenvalue weighted by molar-refractivity contribution is -0.137. The molecule has 0 spiro atoms. The van der Waals surface area contributed by atoms with Crippen LogP contribution in [0.2, 0.25) is 0 Å². The molecule has 2 bridgehead atoms. The Labute approximate surface area is 264 Å². The van der Waals surface area contributed by atoms with E-state index in [0.29, 0.717) is 38.5 Å². The fourth-order valence-electron chi connectivity index (χ4n) is 6.01. The maximum atomic E-state index is 14.6. The Hall–Kier alpha value is -1.80. The molecule has 4 aromatic heterocycles. The molecule has 2 fully saturated rings. The summed E-state index contributed by atoms with van der Waals surface area (Å²) in [6, 6.07) is 4.30. The van der Waals surface area contributed by atoms with E-state index >= 15 is 0 Å². The maximum absolute atomic E-state index is 14.6. The predicted octanol–water partition coefficient (Wildman–Crippen LogP) is 8.45. The molecule has 222 valence electrons. The molecule has 7 rings (SSSR count). The average molecular weight is 744 g/mol. The molecule has 2 aliphatic heterocycles. The van der Waals surface area contributed by atoms with Crippen molar-refractivity contribution in [3.8, 4) is 11.3 Å². The van der Waals surface area contributed by atoms with Crippen molar-refractivity contribution in [2.45, 2.75) is 63.5 Å². The van der Waals surface area contributed by atoms with E-state index < -0.39 is 11.7 Å². The Bertz CT molecular complexity index is 1780. The van der Waals surface area contributed by atoms with Crippen molar-refractivity contribution in [1.82, 2.24) is 29.8 Å². The molecule has 1 aromatic carbocycles. The lowest BCUT2D eigenvalue weighted by Gasteiger charge is -2.34. The van der Waals surface area contributed by atoms with Crippen molar-refractivity contribution in [3.05, 3.63) is 35.7 Å². The Morgan fingerprint density at radius 1 is 1.17 bits per heavy atom. The van der Waals surface area contributed by atoms with Gasteiger partial charge in [0.15, 0.2) is 5.16 Å². The standard InChI is InChI=1S/C25H22F3IN7PS2.C3H8/c1-11-7-16-15(8-31-36(16)37-29)17(19(11)25(26,27)28)20-21-14(5-6-30-20)18-22(33-24(38-2)34-23(18)39-21)35-9-12-3-4-13(10-35)32-12;1-3-2/h5-8,12-13,32,37H,3-4,9-10H2,1-2H3;3H2,1-2H3. The number of nitrogens with zero attached hydrogens (tertiary/aromatic N) is 6. The Balaban J connectivity index is 0.00000101. The predicted molar refractivity (Wildman–Crippen MR) is 179 cm³/mol. The normalized spacial score (nSPS) is 19.0. The molecule has 7 nitrogen and oxygen atoms in total. The highest BCUT2D eigenvalue weighted by Crippen LogP contribution is 2.49. The number of benzene rings is 1. The van der Waals surface area contributed by atoms with Crippen LogP contribution in [0, 0.1) is 6.92 Å². The fourth-order valence-corrected chi connectivity index (χ4v) is 9.12. The second-order valence-electron chi connectivity index (χ2n) is 10.6. The van der Waals surface area contributed by atoms with E-state index in [-0.39, 0.29) is 17.5 Å². The Morgan fingerprint density at radius 2 is 1.88 bits per heavy atom. The smallest absolute Gasteiger partial charge is 0.353 e. The molecule has 0 amide bonds. The molecular formula is C28H30F3IN7PS2. The van der Waals surface area contributed by atoms with E-state index in [2.05, 4.69) is 56.2 Å². The molecule has 3 atom stereocenters. The molecule has 0 saturated carbocycles. The summed E-state index contributed by atoms with van der Waals surface area (Å²) < 4.78 is 46.3. The second-order valence-corrected chi connectivity index (χ2v) is 14.4. The molecule has 0 radical (unpaired) electrons. The molecule has 42 heavy (non-hydrogen) atoms. The monoisotopic (exact) mass is 743 g/mol. The van der Waals surface area contributed by atoms with E-state index in [9.17, 15) is 13.2 Å². The molecular weight excluding hydrogens is 713 g/mol. The van der Waals surface area contributed by atoms with Crippen LogP contribution in [-0.4, -0.2) is 55.9 Å². The zero-order valence-corrected chi connectivity index (χ0v) is 28.3. The third-order valence-corrected chi connectivity index (χ3v) is 11.1. The highest BCUT2D eigenvalue weighted by atomic mass is 127. The van der Waals surface area contributed by atoms with Gasteiger partial charge in [-0.3, -0.25) is 4.98 Å². The van der Waals surface area contributed by atoms with Crippen LogP contribution < -0.4 is 10.2 Å². The maximum Gasteiger partial charge on any atom is 0.417 e. The van der Waals surface area contributed by atoms with E-state index in [1.807, 2.05) is 12.3 Å².